The van der Waals surface area contributed by atoms with E-state index >= 15 is 0 Å². The molecule has 2 aromatic carbocycles. The van der Waals surface area contributed by atoms with Crippen molar-refractivity contribution >= 4 is 29.2 Å². The normalized spacial score (nSPS) is 24.3. The summed E-state index contributed by atoms with van der Waals surface area (Å²) in [4.78, 5) is 56.6. The number of urea groups is 1. The number of nitro benzene ring substituents is 1. The standard InChI is InChI=1S/C26H27N5O7/c1-2-7-30-24(33)26(23(32)27-25(30)34)12-17-11-18(31(35)36)4-5-19(17)29-9-8-28(14-22(26)29)13-16-3-6-20-21(10-16)38-15-37-20/h3-6,10-11,22H,2,7-9,12-15H2,1H3,(H,27,32,34)/t22-,26+/m1/s1. The fraction of sp³-hybridized carbons (Fsp3) is 0.423. The Labute approximate surface area is 218 Å². The molecule has 4 aliphatic heterocycles. The molecule has 12 nitrogen and oxygen atoms in total. The Bertz CT molecular complexity index is 1360. The number of amides is 4. The number of imide groups is 2. The number of anilines is 1. The average Bonchev–Trinajstić information content (AvgIpc) is 3.37. The van der Waals surface area contributed by atoms with Gasteiger partial charge in [0.25, 0.3) is 5.69 Å². The van der Waals surface area contributed by atoms with E-state index in [1.807, 2.05) is 30.0 Å². The lowest BCUT2D eigenvalue weighted by atomic mass is 9.67. The summed E-state index contributed by atoms with van der Waals surface area (Å²) >= 11 is 0. The molecule has 2 atom stereocenters. The second kappa shape index (κ2) is 8.98. The second-order valence-corrected chi connectivity index (χ2v) is 10.1. The largest absolute Gasteiger partial charge is 0.454 e. The zero-order chi connectivity index (χ0) is 26.6. The number of hydrogen-bond donors (Lipinski definition) is 1. The van der Waals surface area contributed by atoms with Crippen molar-refractivity contribution in [2.75, 3.05) is 37.9 Å². The highest BCUT2D eigenvalue weighted by atomic mass is 16.7. The third-order valence-electron chi connectivity index (χ3n) is 7.87. The minimum atomic E-state index is -1.60. The molecule has 0 radical (unpaired) electrons. The number of fused-ring (bicyclic) bond motifs is 5. The van der Waals surface area contributed by atoms with E-state index < -0.39 is 34.2 Å². The fourth-order valence-corrected chi connectivity index (χ4v) is 6.10. The number of piperazine rings is 1. The van der Waals surface area contributed by atoms with Gasteiger partial charge in [0, 0.05) is 57.0 Å². The van der Waals surface area contributed by atoms with Crippen LogP contribution in [0.1, 0.15) is 24.5 Å². The summed E-state index contributed by atoms with van der Waals surface area (Å²) < 4.78 is 10.9. The molecule has 0 bridgehead atoms. The topological polar surface area (TPSA) is 135 Å². The van der Waals surface area contributed by atoms with Crippen LogP contribution in [0.5, 0.6) is 11.5 Å². The number of hydrogen-bond acceptors (Lipinski definition) is 9. The van der Waals surface area contributed by atoms with Gasteiger partial charge in [-0.15, -0.1) is 0 Å². The Morgan fingerprint density at radius 1 is 1.11 bits per heavy atom. The third kappa shape index (κ3) is 3.66. The molecule has 0 saturated carbocycles. The van der Waals surface area contributed by atoms with Crippen LogP contribution in [-0.4, -0.2) is 71.6 Å². The fourth-order valence-electron chi connectivity index (χ4n) is 6.10. The van der Waals surface area contributed by atoms with Crippen LogP contribution >= 0.6 is 0 Å². The Kier molecular flexibility index (Phi) is 5.71. The first-order valence-electron chi connectivity index (χ1n) is 12.6. The molecule has 4 aliphatic rings. The summed E-state index contributed by atoms with van der Waals surface area (Å²) in [6.07, 6.45) is 0.511. The predicted octanol–water partition coefficient (Wildman–Crippen LogP) is 2.05. The molecule has 1 spiro atoms. The minimum absolute atomic E-state index is 0.0266. The predicted molar refractivity (Wildman–Crippen MR) is 134 cm³/mol. The summed E-state index contributed by atoms with van der Waals surface area (Å²) in [5.41, 5.74) is 0.621. The van der Waals surface area contributed by atoms with Crippen molar-refractivity contribution in [3.05, 3.63) is 57.6 Å². The van der Waals surface area contributed by atoms with Crippen molar-refractivity contribution in [1.82, 2.24) is 15.1 Å². The van der Waals surface area contributed by atoms with E-state index in [2.05, 4.69) is 10.2 Å². The lowest BCUT2D eigenvalue weighted by Crippen LogP contribution is -2.75. The first kappa shape index (κ1) is 24.2. The molecule has 12 heteroatoms. The van der Waals surface area contributed by atoms with Gasteiger partial charge in [-0.25, -0.2) is 4.79 Å². The quantitative estimate of drug-likeness (QED) is 0.356. The highest BCUT2D eigenvalue weighted by molar-refractivity contribution is 6.20. The van der Waals surface area contributed by atoms with Gasteiger partial charge in [-0.3, -0.25) is 34.8 Å². The molecule has 1 N–H and O–H groups in total. The maximum absolute atomic E-state index is 14.0. The SMILES string of the molecule is CCCN1C(=O)NC(=O)[C@@]2(Cc3cc([N+](=O)[O-])ccc3N3CCN(Cc4ccc5c(c4)OCO5)C[C@@H]32)C1=O. The van der Waals surface area contributed by atoms with E-state index in [0.29, 0.717) is 49.7 Å². The maximum atomic E-state index is 14.0. The lowest BCUT2D eigenvalue weighted by Gasteiger charge is -2.55. The summed E-state index contributed by atoms with van der Waals surface area (Å²) in [6, 6.07) is 9.05. The number of barbiturate groups is 1. The summed E-state index contributed by atoms with van der Waals surface area (Å²) in [7, 11) is 0. The highest BCUT2D eigenvalue weighted by Gasteiger charge is 2.62. The molecule has 2 aromatic rings. The van der Waals surface area contributed by atoms with Crippen LogP contribution in [0.4, 0.5) is 16.2 Å². The molecule has 0 unspecified atom stereocenters. The molecular formula is C26H27N5O7. The third-order valence-corrected chi connectivity index (χ3v) is 7.87. The highest BCUT2D eigenvalue weighted by Crippen LogP contribution is 2.46. The van der Waals surface area contributed by atoms with Crippen LogP contribution < -0.4 is 19.7 Å². The van der Waals surface area contributed by atoms with Gasteiger partial charge in [-0.2, -0.15) is 0 Å². The van der Waals surface area contributed by atoms with E-state index in [1.165, 1.54) is 12.1 Å². The van der Waals surface area contributed by atoms with Crippen LogP contribution in [-0.2, 0) is 22.6 Å². The molecule has 198 valence electrons. The molecule has 4 amide bonds. The van der Waals surface area contributed by atoms with Crippen LogP contribution in [0.2, 0.25) is 0 Å². The Hall–Kier alpha value is -4.19. The van der Waals surface area contributed by atoms with Crippen molar-refractivity contribution in [3.63, 3.8) is 0 Å². The number of carbonyl (C=O) groups excluding carboxylic acids is 3. The van der Waals surface area contributed by atoms with Crippen molar-refractivity contribution in [3.8, 4) is 11.5 Å². The summed E-state index contributed by atoms with van der Waals surface area (Å²) in [6.45, 7) is 4.31. The minimum Gasteiger partial charge on any atom is -0.454 e. The van der Waals surface area contributed by atoms with E-state index in [1.54, 1.807) is 6.07 Å². The van der Waals surface area contributed by atoms with Crippen LogP contribution in [0.15, 0.2) is 36.4 Å². The summed E-state index contributed by atoms with van der Waals surface area (Å²) in [5, 5.41) is 13.9. The second-order valence-electron chi connectivity index (χ2n) is 10.1. The molecular weight excluding hydrogens is 494 g/mol. The van der Waals surface area contributed by atoms with Crippen molar-refractivity contribution in [2.24, 2.45) is 5.41 Å². The smallest absolute Gasteiger partial charge is 0.330 e. The number of nitrogens with one attached hydrogen (secondary N) is 1. The van der Waals surface area contributed by atoms with Gasteiger partial charge < -0.3 is 14.4 Å². The Morgan fingerprint density at radius 2 is 1.92 bits per heavy atom. The van der Waals surface area contributed by atoms with Gasteiger partial charge in [0.15, 0.2) is 16.9 Å². The Balaban J connectivity index is 1.39. The van der Waals surface area contributed by atoms with E-state index in [9.17, 15) is 24.5 Å². The molecule has 38 heavy (non-hydrogen) atoms. The first-order chi connectivity index (χ1) is 18.3. The number of carbonyl (C=O) groups is 3. The van der Waals surface area contributed by atoms with E-state index in [-0.39, 0.29) is 25.4 Å². The van der Waals surface area contributed by atoms with Crippen LogP contribution in [0, 0.1) is 15.5 Å². The van der Waals surface area contributed by atoms with Gasteiger partial charge in [-0.1, -0.05) is 13.0 Å². The lowest BCUT2D eigenvalue weighted by molar-refractivity contribution is -0.384. The number of benzene rings is 2. The van der Waals surface area contributed by atoms with E-state index in [0.717, 1.165) is 16.2 Å². The number of ether oxygens (including phenoxy) is 2. The van der Waals surface area contributed by atoms with Gasteiger partial charge in [0.2, 0.25) is 18.6 Å². The van der Waals surface area contributed by atoms with Crippen molar-refractivity contribution < 1.29 is 28.8 Å². The van der Waals surface area contributed by atoms with Crippen molar-refractivity contribution in [2.45, 2.75) is 32.4 Å². The van der Waals surface area contributed by atoms with Gasteiger partial charge >= 0.3 is 6.03 Å². The molecule has 4 heterocycles. The number of non-ortho nitro benzene ring substituents is 1. The number of rotatable bonds is 5. The zero-order valence-electron chi connectivity index (χ0n) is 20.8. The molecule has 0 aliphatic carbocycles. The van der Waals surface area contributed by atoms with Crippen LogP contribution in [0.3, 0.4) is 0 Å². The van der Waals surface area contributed by atoms with Gasteiger partial charge in [-0.05, 0) is 35.7 Å². The number of nitrogens with zero attached hydrogens (tertiary/aromatic N) is 4. The van der Waals surface area contributed by atoms with Gasteiger partial charge in [0.1, 0.15) is 0 Å². The number of nitro groups is 1. The van der Waals surface area contributed by atoms with Crippen LogP contribution in [0.25, 0.3) is 0 Å². The molecule has 2 fully saturated rings. The van der Waals surface area contributed by atoms with Gasteiger partial charge in [0.05, 0.1) is 11.0 Å². The maximum Gasteiger partial charge on any atom is 0.330 e. The zero-order valence-corrected chi connectivity index (χ0v) is 20.8. The van der Waals surface area contributed by atoms with Crippen molar-refractivity contribution in [1.29, 1.82) is 0 Å². The first-order valence-corrected chi connectivity index (χ1v) is 12.6. The molecule has 6 rings (SSSR count). The summed E-state index contributed by atoms with van der Waals surface area (Å²) in [5.74, 6) is 0.170. The van der Waals surface area contributed by atoms with E-state index in [4.69, 9.17) is 9.47 Å². The monoisotopic (exact) mass is 521 g/mol. The molecule has 2 saturated heterocycles. The Morgan fingerprint density at radius 3 is 2.71 bits per heavy atom. The average molecular weight is 522 g/mol. The molecule has 0 aromatic heterocycles.